The fourth-order valence-electron chi connectivity index (χ4n) is 2.99. The van der Waals surface area contributed by atoms with Crippen LogP contribution in [0.25, 0.3) is 0 Å². The van der Waals surface area contributed by atoms with Crippen molar-refractivity contribution in [2.75, 3.05) is 6.54 Å². The number of imide groups is 1. The Kier molecular flexibility index (Phi) is 5.09. The third-order valence-corrected chi connectivity index (χ3v) is 4.65. The molecule has 1 heterocycles. The van der Waals surface area contributed by atoms with Gasteiger partial charge in [0.15, 0.2) is 0 Å². The standard InChI is InChI=1S/C20H19ClN2O3/c1-12-6-7-16-17(10-12)20(26)23(19(16)25)9-8-18(24)22-13(2)14-4-3-5-15(21)11-14/h3-7,10-11,13H,8-9H2,1-2H3,(H,22,24). The van der Waals surface area contributed by atoms with E-state index in [-0.39, 0.29) is 36.7 Å². The van der Waals surface area contributed by atoms with Crippen LogP contribution in [0.3, 0.4) is 0 Å². The molecule has 0 aliphatic carbocycles. The van der Waals surface area contributed by atoms with Gasteiger partial charge >= 0.3 is 0 Å². The second-order valence-electron chi connectivity index (χ2n) is 6.41. The molecule has 0 fully saturated rings. The second-order valence-corrected chi connectivity index (χ2v) is 6.84. The van der Waals surface area contributed by atoms with Crippen LogP contribution in [0.2, 0.25) is 5.02 Å². The first-order valence-corrected chi connectivity index (χ1v) is 8.76. The number of hydrogen-bond acceptors (Lipinski definition) is 3. The van der Waals surface area contributed by atoms with Crippen molar-refractivity contribution in [2.24, 2.45) is 0 Å². The average molecular weight is 371 g/mol. The largest absolute Gasteiger partial charge is 0.350 e. The van der Waals surface area contributed by atoms with Gasteiger partial charge in [-0.2, -0.15) is 0 Å². The zero-order valence-corrected chi connectivity index (χ0v) is 15.3. The predicted molar refractivity (Wildman–Crippen MR) is 99.2 cm³/mol. The van der Waals surface area contributed by atoms with Crippen LogP contribution >= 0.6 is 11.6 Å². The van der Waals surface area contributed by atoms with Gasteiger partial charge in [-0.15, -0.1) is 0 Å². The molecule has 1 unspecified atom stereocenters. The van der Waals surface area contributed by atoms with E-state index in [1.165, 1.54) is 0 Å². The number of carbonyl (C=O) groups is 3. The van der Waals surface area contributed by atoms with Crippen molar-refractivity contribution in [3.63, 3.8) is 0 Å². The quantitative estimate of drug-likeness (QED) is 0.819. The van der Waals surface area contributed by atoms with Crippen molar-refractivity contribution in [1.29, 1.82) is 0 Å². The van der Waals surface area contributed by atoms with E-state index in [1.807, 2.05) is 26.0 Å². The first-order chi connectivity index (χ1) is 12.4. The van der Waals surface area contributed by atoms with Crippen molar-refractivity contribution >= 4 is 29.3 Å². The van der Waals surface area contributed by atoms with E-state index in [1.54, 1.807) is 30.3 Å². The molecule has 2 aromatic rings. The summed E-state index contributed by atoms with van der Waals surface area (Å²) in [5, 5.41) is 3.46. The van der Waals surface area contributed by atoms with Gasteiger partial charge in [-0.25, -0.2) is 0 Å². The smallest absolute Gasteiger partial charge is 0.261 e. The molecule has 5 nitrogen and oxygen atoms in total. The fraction of sp³-hybridized carbons (Fsp3) is 0.250. The topological polar surface area (TPSA) is 66.5 Å². The van der Waals surface area contributed by atoms with E-state index in [0.29, 0.717) is 16.1 Å². The third-order valence-electron chi connectivity index (χ3n) is 4.41. The first kappa shape index (κ1) is 18.1. The summed E-state index contributed by atoms with van der Waals surface area (Å²) in [5.41, 5.74) is 2.61. The lowest BCUT2D eigenvalue weighted by molar-refractivity contribution is -0.121. The Labute approximate surface area is 156 Å². The Morgan fingerprint density at radius 1 is 1.12 bits per heavy atom. The van der Waals surface area contributed by atoms with Gasteiger partial charge in [0.2, 0.25) is 5.91 Å². The molecule has 0 bridgehead atoms. The molecule has 0 aromatic heterocycles. The molecule has 1 atom stereocenters. The SMILES string of the molecule is Cc1ccc2c(c1)C(=O)N(CCC(=O)NC(C)c1cccc(Cl)c1)C2=O. The highest BCUT2D eigenvalue weighted by molar-refractivity contribution is 6.30. The molecule has 6 heteroatoms. The van der Waals surface area contributed by atoms with Crippen molar-refractivity contribution < 1.29 is 14.4 Å². The summed E-state index contributed by atoms with van der Waals surface area (Å²) in [7, 11) is 0. The minimum atomic E-state index is -0.347. The monoisotopic (exact) mass is 370 g/mol. The van der Waals surface area contributed by atoms with Crippen LogP contribution in [-0.2, 0) is 4.79 Å². The number of nitrogens with zero attached hydrogens (tertiary/aromatic N) is 1. The summed E-state index contributed by atoms with van der Waals surface area (Å²) in [6.45, 7) is 3.78. The van der Waals surface area contributed by atoms with Crippen molar-refractivity contribution in [1.82, 2.24) is 10.2 Å². The number of hydrogen-bond donors (Lipinski definition) is 1. The Bertz CT molecular complexity index is 894. The van der Waals surface area contributed by atoms with Gasteiger partial charge in [0, 0.05) is 18.0 Å². The van der Waals surface area contributed by atoms with Gasteiger partial charge in [0.05, 0.1) is 17.2 Å². The Morgan fingerprint density at radius 3 is 2.58 bits per heavy atom. The van der Waals surface area contributed by atoms with Crippen LogP contribution in [0.15, 0.2) is 42.5 Å². The normalized spacial score (nSPS) is 14.3. The van der Waals surface area contributed by atoms with E-state index in [4.69, 9.17) is 11.6 Å². The highest BCUT2D eigenvalue weighted by Crippen LogP contribution is 2.24. The molecule has 2 aromatic carbocycles. The minimum absolute atomic E-state index is 0.0509. The summed E-state index contributed by atoms with van der Waals surface area (Å²) in [5.74, 6) is -0.921. The number of aryl methyl sites for hydroxylation is 1. The van der Waals surface area contributed by atoms with Crippen LogP contribution in [0.4, 0.5) is 0 Å². The Hall–Kier alpha value is -2.66. The third kappa shape index (κ3) is 3.63. The van der Waals surface area contributed by atoms with Crippen LogP contribution in [-0.4, -0.2) is 29.2 Å². The maximum Gasteiger partial charge on any atom is 0.261 e. The Morgan fingerprint density at radius 2 is 1.85 bits per heavy atom. The predicted octanol–water partition coefficient (Wildman–Crippen LogP) is 3.51. The zero-order chi connectivity index (χ0) is 18.8. The van der Waals surface area contributed by atoms with Gasteiger partial charge in [0.1, 0.15) is 0 Å². The van der Waals surface area contributed by atoms with Gasteiger partial charge in [-0.1, -0.05) is 35.4 Å². The van der Waals surface area contributed by atoms with Crippen molar-refractivity contribution in [3.8, 4) is 0 Å². The molecule has 1 aliphatic heterocycles. The average Bonchev–Trinajstić information content (AvgIpc) is 2.83. The minimum Gasteiger partial charge on any atom is -0.350 e. The molecule has 1 aliphatic rings. The first-order valence-electron chi connectivity index (χ1n) is 8.38. The van der Waals surface area contributed by atoms with Crippen LogP contribution in [0.1, 0.15) is 51.2 Å². The highest BCUT2D eigenvalue weighted by atomic mass is 35.5. The molecule has 0 saturated carbocycles. The molecule has 0 saturated heterocycles. The summed E-state index contributed by atoms with van der Waals surface area (Å²) < 4.78 is 0. The summed E-state index contributed by atoms with van der Waals surface area (Å²) >= 11 is 5.97. The number of halogens is 1. The van der Waals surface area contributed by atoms with Gasteiger partial charge in [-0.3, -0.25) is 19.3 Å². The fourth-order valence-corrected chi connectivity index (χ4v) is 3.19. The highest BCUT2D eigenvalue weighted by Gasteiger charge is 2.35. The van der Waals surface area contributed by atoms with E-state index in [0.717, 1.165) is 16.0 Å². The van der Waals surface area contributed by atoms with Crippen molar-refractivity contribution in [3.05, 3.63) is 69.7 Å². The molecule has 0 radical (unpaired) electrons. The van der Waals surface area contributed by atoms with E-state index in [2.05, 4.69) is 5.32 Å². The molecular formula is C20H19ClN2O3. The van der Waals surface area contributed by atoms with E-state index >= 15 is 0 Å². The lowest BCUT2D eigenvalue weighted by Gasteiger charge is -2.17. The summed E-state index contributed by atoms with van der Waals surface area (Å²) in [4.78, 5) is 38.1. The second kappa shape index (κ2) is 7.30. The molecule has 0 spiro atoms. The molecular weight excluding hydrogens is 352 g/mol. The molecule has 134 valence electrons. The van der Waals surface area contributed by atoms with E-state index < -0.39 is 0 Å². The number of rotatable bonds is 5. The number of benzene rings is 2. The van der Waals surface area contributed by atoms with Crippen LogP contribution in [0.5, 0.6) is 0 Å². The van der Waals surface area contributed by atoms with Crippen LogP contribution in [0, 0.1) is 6.92 Å². The summed E-state index contributed by atoms with van der Waals surface area (Å²) in [6, 6.07) is 12.2. The maximum atomic E-state index is 12.4. The molecule has 26 heavy (non-hydrogen) atoms. The summed E-state index contributed by atoms with van der Waals surface area (Å²) in [6.07, 6.45) is 0.0509. The number of amides is 3. The molecule has 1 N–H and O–H groups in total. The van der Waals surface area contributed by atoms with Crippen molar-refractivity contribution in [2.45, 2.75) is 26.3 Å². The lowest BCUT2D eigenvalue weighted by atomic mass is 10.1. The number of nitrogens with one attached hydrogen (secondary N) is 1. The van der Waals surface area contributed by atoms with Gasteiger partial charge < -0.3 is 5.32 Å². The maximum absolute atomic E-state index is 12.4. The number of fused-ring (bicyclic) bond motifs is 1. The van der Waals surface area contributed by atoms with Gasteiger partial charge in [-0.05, 0) is 43.7 Å². The number of carbonyl (C=O) groups excluding carboxylic acids is 3. The lowest BCUT2D eigenvalue weighted by Crippen LogP contribution is -2.35. The zero-order valence-electron chi connectivity index (χ0n) is 14.6. The molecule has 3 amide bonds. The van der Waals surface area contributed by atoms with Gasteiger partial charge in [0.25, 0.3) is 11.8 Å². The van der Waals surface area contributed by atoms with Crippen LogP contribution < -0.4 is 5.32 Å². The molecule has 3 rings (SSSR count). The van der Waals surface area contributed by atoms with E-state index in [9.17, 15) is 14.4 Å². The Balaban J connectivity index is 1.60.